The Kier molecular flexibility index (Phi) is 5.26. The van der Waals surface area contributed by atoms with E-state index in [-0.39, 0.29) is 6.03 Å². The summed E-state index contributed by atoms with van der Waals surface area (Å²) >= 11 is 5.98. The number of oxazole rings is 1. The number of piperazine rings is 1. The van der Waals surface area contributed by atoms with Gasteiger partial charge in [0, 0.05) is 37.7 Å². The molecule has 1 fully saturated rings. The molecule has 0 bridgehead atoms. The molecule has 7 heteroatoms. The summed E-state index contributed by atoms with van der Waals surface area (Å²) in [7, 11) is 0. The first-order chi connectivity index (χ1) is 11.5. The second-order valence-corrected chi connectivity index (χ2v) is 7.00. The van der Waals surface area contributed by atoms with Gasteiger partial charge in [-0.25, -0.2) is 9.78 Å². The van der Waals surface area contributed by atoms with Crippen LogP contribution in [0.5, 0.6) is 0 Å². The highest BCUT2D eigenvalue weighted by atomic mass is 35.5. The minimum atomic E-state index is 0.0276. The maximum atomic E-state index is 12.1. The van der Waals surface area contributed by atoms with Crippen molar-refractivity contribution < 1.29 is 9.21 Å². The number of rotatable bonds is 4. The molecule has 6 nitrogen and oxygen atoms in total. The molecule has 1 aromatic carbocycles. The fourth-order valence-corrected chi connectivity index (χ4v) is 2.89. The van der Waals surface area contributed by atoms with E-state index < -0.39 is 0 Å². The number of nitrogens with one attached hydrogen (secondary N) is 1. The molecular weight excluding hydrogens is 328 g/mol. The minimum absolute atomic E-state index is 0.0276. The highest BCUT2D eigenvalue weighted by Crippen LogP contribution is 2.21. The Labute approximate surface area is 146 Å². The Morgan fingerprint density at radius 3 is 2.79 bits per heavy atom. The van der Waals surface area contributed by atoms with Crippen LogP contribution in [0.1, 0.15) is 19.7 Å². The number of fused-ring (bicyclic) bond motifs is 1. The molecule has 2 heterocycles. The topological polar surface area (TPSA) is 61.6 Å². The van der Waals surface area contributed by atoms with Crippen molar-refractivity contribution in [1.82, 2.24) is 20.1 Å². The summed E-state index contributed by atoms with van der Waals surface area (Å²) in [6.07, 6.45) is 0. The van der Waals surface area contributed by atoms with Gasteiger partial charge in [0.1, 0.15) is 5.52 Å². The monoisotopic (exact) mass is 350 g/mol. The van der Waals surface area contributed by atoms with Crippen LogP contribution in [0.2, 0.25) is 5.02 Å². The van der Waals surface area contributed by atoms with Crippen molar-refractivity contribution in [2.75, 3.05) is 32.7 Å². The molecule has 0 saturated carbocycles. The molecule has 0 aliphatic carbocycles. The smallest absolute Gasteiger partial charge is 0.317 e. The number of carbonyl (C=O) groups excluding carboxylic acids is 1. The second kappa shape index (κ2) is 7.40. The molecule has 0 spiro atoms. The molecule has 130 valence electrons. The number of hydrogen-bond donors (Lipinski definition) is 1. The molecule has 1 N–H and O–H groups in total. The largest absolute Gasteiger partial charge is 0.439 e. The summed E-state index contributed by atoms with van der Waals surface area (Å²) < 4.78 is 5.76. The zero-order chi connectivity index (χ0) is 17.1. The molecule has 2 amide bonds. The van der Waals surface area contributed by atoms with Gasteiger partial charge in [-0.15, -0.1) is 0 Å². The third kappa shape index (κ3) is 4.19. The van der Waals surface area contributed by atoms with Crippen LogP contribution in [0.4, 0.5) is 4.79 Å². The summed E-state index contributed by atoms with van der Waals surface area (Å²) in [5.41, 5.74) is 1.53. The van der Waals surface area contributed by atoms with E-state index in [0.29, 0.717) is 29.9 Å². The number of aromatic nitrogens is 1. The standard InChI is InChI=1S/C17H23ClN4O2/c1-12(2)10-19-17(23)22-7-5-21(6-8-22)11-16-20-14-9-13(18)3-4-15(14)24-16/h3-4,9,12H,5-8,10-11H2,1-2H3,(H,19,23). The molecular formula is C17H23ClN4O2. The number of urea groups is 1. The van der Waals surface area contributed by atoms with E-state index in [0.717, 1.165) is 37.3 Å². The van der Waals surface area contributed by atoms with E-state index in [1.54, 1.807) is 12.1 Å². The summed E-state index contributed by atoms with van der Waals surface area (Å²) in [6.45, 7) is 8.60. The molecule has 0 atom stereocenters. The molecule has 3 rings (SSSR count). The average Bonchev–Trinajstić information content (AvgIpc) is 2.94. The lowest BCUT2D eigenvalue weighted by Crippen LogP contribution is -2.51. The van der Waals surface area contributed by atoms with Gasteiger partial charge in [0.2, 0.25) is 5.89 Å². The number of carbonyl (C=O) groups is 1. The van der Waals surface area contributed by atoms with E-state index in [1.165, 1.54) is 0 Å². The van der Waals surface area contributed by atoms with E-state index in [4.69, 9.17) is 16.0 Å². The van der Waals surface area contributed by atoms with Gasteiger partial charge >= 0.3 is 6.03 Å². The van der Waals surface area contributed by atoms with Crippen LogP contribution >= 0.6 is 11.6 Å². The number of benzene rings is 1. The Morgan fingerprint density at radius 2 is 2.08 bits per heavy atom. The lowest BCUT2D eigenvalue weighted by molar-refractivity contribution is 0.129. The maximum Gasteiger partial charge on any atom is 0.317 e. The Morgan fingerprint density at radius 1 is 1.33 bits per heavy atom. The third-order valence-electron chi connectivity index (χ3n) is 4.07. The molecule has 2 aromatic rings. The van der Waals surface area contributed by atoms with Gasteiger partial charge in [0.05, 0.1) is 6.54 Å². The number of hydrogen-bond acceptors (Lipinski definition) is 4. The van der Waals surface area contributed by atoms with Gasteiger partial charge < -0.3 is 14.6 Å². The maximum absolute atomic E-state index is 12.1. The zero-order valence-electron chi connectivity index (χ0n) is 14.1. The van der Waals surface area contributed by atoms with Gasteiger partial charge in [-0.05, 0) is 24.1 Å². The van der Waals surface area contributed by atoms with Crippen LogP contribution in [-0.4, -0.2) is 53.5 Å². The first kappa shape index (κ1) is 17.0. The predicted octanol–water partition coefficient (Wildman–Crippen LogP) is 2.96. The zero-order valence-corrected chi connectivity index (χ0v) is 14.8. The van der Waals surface area contributed by atoms with Crippen LogP contribution in [-0.2, 0) is 6.54 Å². The van der Waals surface area contributed by atoms with Crippen LogP contribution in [0.25, 0.3) is 11.1 Å². The van der Waals surface area contributed by atoms with Crippen molar-refractivity contribution in [1.29, 1.82) is 0 Å². The summed E-state index contributed by atoms with van der Waals surface area (Å²) in [6, 6.07) is 5.47. The average molecular weight is 351 g/mol. The summed E-state index contributed by atoms with van der Waals surface area (Å²) in [4.78, 5) is 20.7. The quantitative estimate of drug-likeness (QED) is 0.920. The van der Waals surface area contributed by atoms with Crippen molar-refractivity contribution in [2.45, 2.75) is 20.4 Å². The fourth-order valence-electron chi connectivity index (χ4n) is 2.72. The van der Waals surface area contributed by atoms with E-state index in [1.807, 2.05) is 11.0 Å². The first-order valence-electron chi connectivity index (χ1n) is 8.31. The second-order valence-electron chi connectivity index (χ2n) is 6.56. The van der Waals surface area contributed by atoms with Crippen molar-refractivity contribution in [2.24, 2.45) is 5.92 Å². The molecule has 1 aliphatic rings. The fraction of sp³-hybridized carbons (Fsp3) is 0.529. The van der Waals surface area contributed by atoms with E-state index >= 15 is 0 Å². The Hall–Kier alpha value is -1.79. The number of halogens is 1. The van der Waals surface area contributed by atoms with E-state index in [2.05, 4.69) is 29.0 Å². The minimum Gasteiger partial charge on any atom is -0.439 e. The highest BCUT2D eigenvalue weighted by molar-refractivity contribution is 6.31. The Balaban J connectivity index is 1.52. The normalized spacial score (nSPS) is 16.1. The first-order valence-corrected chi connectivity index (χ1v) is 8.69. The lowest BCUT2D eigenvalue weighted by atomic mass is 10.2. The molecule has 0 unspecified atom stereocenters. The lowest BCUT2D eigenvalue weighted by Gasteiger charge is -2.34. The number of amides is 2. The summed E-state index contributed by atoms with van der Waals surface area (Å²) in [5, 5.41) is 3.62. The summed E-state index contributed by atoms with van der Waals surface area (Å²) in [5.74, 6) is 1.15. The predicted molar refractivity (Wildman–Crippen MR) is 94.1 cm³/mol. The van der Waals surface area contributed by atoms with Crippen molar-refractivity contribution in [3.05, 3.63) is 29.1 Å². The van der Waals surface area contributed by atoms with Gasteiger partial charge in [0.15, 0.2) is 5.58 Å². The van der Waals surface area contributed by atoms with Gasteiger partial charge in [-0.1, -0.05) is 25.4 Å². The molecule has 1 aliphatic heterocycles. The molecule has 0 radical (unpaired) electrons. The molecule has 1 aromatic heterocycles. The van der Waals surface area contributed by atoms with Crippen LogP contribution in [0.15, 0.2) is 22.6 Å². The Bertz CT molecular complexity index is 708. The van der Waals surface area contributed by atoms with Gasteiger partial charge in [0.25, 0.3) is 0 Å². The number of nitrogens with zero attached hydrogens (tertiary/aromatic N) is 3. The van der Waals surface area contributed by atoms with Crippen molar-refractivity contribution >= 4 is 28.7 Å². The van der Waals surface area contributed by atoms with Crippen LogP contribution < -0.4 is 5.32 Å². The third-order valence-corrected chi connectivity index (χ3v) is 4.31. The van der Waals surface area contributed by atoms with Crippen LogP contribution in [0.3, 0.4) is 0 Å². The SMILES string of the molecule is CC(C)CNC(=O)N1CCN(Cc2nc3cc(Cl)ccc3o2)CC1. The molecule has 1 saturated heterocycles. The molecule has 24 heavy (non-hydrogen) atoms. The van der Waals surface area contributed by atoms with Crippen molar-refractivity contribution in [3.63, 3.8) is 0 Å². The van der Waals surface area contributed by atoms with Crippen molar-refractivity contribution in [3.8, 4) is 0 Å². The van der Waals surface area contributed by atoms with E-state index in [9.17, 15) is 4.79 Å². The highest BCUT2D eigenvalue weighted by Gasteiger charge is 2.22. The van der Waals surface area contributed by atoms with Gasteiger partial charge in [-0.2, -0.15) is 0 Å². The van der Waals surface area contributed by atoms with Gasteiger partial charge in [-0.3, -0.25) is 4.90 Å². The van der Waals surface area contributed by atoms with Crippen LogP contribution in [0, 0.1) is 5.92 Å².